The molecule has 0 spiro atoms. The zero-order valence-electron chi connectivity index (χ0n) is 16.4. The van der Waals surface area contributed by atoms with Crippen molar-refractivity contribution < 1.29 is 13.2 Å². The summed E-state index contributed by atoms with van der Waals surface area (Å²) >= 11 is 0. The number of likely N-dealkylation sites (N-methyl/N-ethyl adjacent to an activating group) is 1. The maximum absolute atomic E-state index is 13.5. The molecule has 0 bridgehead atoms. The fourth-order valence-corrected chi connectivity index (χ4v) is 4.06. The van der Waals surface area contributed by atoms with Gasteiger partial charge in [-0.15, -0.1) is 0 Å². The summed E-state index contributed by atoms with van der Waals surface area (Å²) < 4.78 is 40.4. The Labute approximate surface area is 168 Å². The predicted molar refractivity (Wildman–Crippen MR) is 105 cm³/mol. The Morgan fingerprint density at radius 1 is 1.03 bits per heavy atom. The van der Waals surface area contributed by atoms with Gasteiger partial charge in [0, 0.05) is 69.3 Å². The SMILES string of the molecule is CCN1CCN(C2CCN(c3cc(C(F)(F)F)nc(-c4ccncc4)n3)C2)CC1. The molecule has 6 nitrogen and oxygen atoms in total. The first kappa shape index (κ1) is 20.0. The molecule has 4 rings (SSSR count). The van der Waals surface area contributed by atoms with Gasteiger partial charge in [0.05, 0.1) is 0 Å². The van der Waals surface area contributed by atoms with Crippen molar-refractivity contribution >= 4 is 5.82 Å². The third kappa shape index (κ3) is 4.51. The van der Waals surface area contributed by atoms with E-state index in [9.17, 15) is 13.2 Å². The minimum absolute atomic E-state index is 0.0808. The molecule has 2 aromatic rings. The summed E-state index contributed by atoms with van der Waals surface area (Å²) in [6.45, 7) is 8.72. The lowest BCUT2D eigenvalue weighted by atomic mass is 10.2. The molecular formula is C20H25F3N6. The summed E-state index contributed by atoms with van der Waals surface area (Å²) in [5.41, 5.74) is -0.381. The Morgan fingerprint density at radius 2 is 1.76 bits per heavy atom. The maximum Gasteiger partial charge on any atom is 0.433 e. The van der Waals surface area contributed by atoms with E-state index in [1.54, 1.807) is 12.1 Å². The van der Waals surface area contributed by atoms with E-state index in [0.717, 1.165) is 45.2 Å². The van der Waals surface area contributed by atoms with Crippen LogP contribution in [0.15, 0.2) is 30.6 Å². The van der Waals surface area contributed by atoms with Crippen molar-refractivity contribution in [2.75, 3.05) is 50.7 Å². The summed E-state index contributed by atoms with van der Waals surface area (Å²) in [4.78, 5) is 19.0. The monoisotopic (exact) mass is 406 g/mol. The van der Waals surface area contributed by atoms with Gasteiger partial charge in [0.15, 0.2) is 11.5 Å². The first-order chi connectivity index (χ1) is 13.9. The van der Waals surface area contributed by atoms with Gasteiger partial charge in [-0.3, -0.25) is 9.88 Å². The fourth-order valence-electron chi connectivity index (χ4n) is 4.06. The Kier molecular flexibility index (Phi) is 5.69. The van der Waals surface area contributed by atoms with Gasteiger partial charge < -0.3 is 9.80 Å². The van der Waals surface area contributed by atoms with Crippen LogP contribution in [0.25, 0.3) is 11.4 Å². The second-order valence-corrected chi connectivity index (χ2v) is 7.53. The van der Waals surface area contributed by atoms with E-state index in [0.29, 0.717) is 30.5 Å². The standard InChI is InChI=1S/C20H25F3N6/c1-2-27-9-11-28(12-10-27)16-5-8-29(14-16)18-13-17(20(21,22)23)25-19(26-18)15-3-6-24-7-4-15/h3-4,6-7,13,16H,2,5,8-12,14H2,1H3. The molecule has 1 unspecified atom stereocenters. The normalized spacial score (nSPS) is 21.7. The lowest BCUT2D eigenvalue weighted by Gasteiger charge is -2.37. The largest absolute Gasteiger partial charge is 0.433 e. The zero-order chi connectivity index (χ0) is 20.4. The summed E-state index contributed by atoms with van der Waals surface area (Å²) in [5, 5.41) is 0. The highest BCUT2D eigenvalue weighted by molar-refractivity contribution is 5.57. The van der Waals surface area contributed by atoms with Crippen LogP contribution in [0.2, 0.25) is 0 Å². The average Bonchev–Trinajstić information content (AvgIpc) is 3.24. The van der Waals surface area contributed by atoms with Crippen LogP contribution in [0.1, 0.15) is 19.0 Å². The molecule has 1 atom stereocenters. The minimum atomic E-state index is -4.52. The lowest BCUT2D eigenvalue weighted by Crippen LogP contribution is -2.50. The van der Waals surface area contributed by atoms with E-state index in [1.807, 2.05) is 4.90 Å². The van der Waals surface area contributed by atoms with Crippen molar-refractivity contribution in [2.45, 2.75) is 25.6 Å². The minimum Gasteiger partial charge on any atom is -0.355 e. The molecular weight excluding hydrogens is 381 g/mol. The van der Waals surface area contributed by atoms with E-state index in [-0.39, 0.29) is 5.82 Å². The fraction of sp³-hybridized carbons (Fsp3) is 0.550. The second-order valence-electron chi connectivity index (χ2n) is 7.53. The summed E-state index contributed by atoms with van der Waals surface area (Å²) in [7, 11) is 0. The van der Waals surface area contributed by atoms with Gasteiger partial charge in [-0.2, -0.15) is 13.2 Å². The lowest BCUT2D eigenvalue weighted by molar-refractivity contribution is -0.141. The van der Waals surface area contributed by atoms with Crippen LogP contribution in [-0.2, 0) is 6.18 Å². The third-order valence-corrected chi connectivity index (χ3v) is 5.80. The number of alkyl halides is 3. The highest BCUT2D eigenvalue weighted by Gasteiger charge is 2.36. The van der Waals surface area contributed by atoms with Gasteiger partial charge in [-0.05, 0) is 25.1 Å². The van der Waals surface area contributed by atoms with Gasteiger partial charge in [-0.1, -0.05) is 6.92 Å². The number of pyridine rings is 1. The van der Waals surface area contributed by atoms with Crippen LogP contribution in [0.5, 0.6) is 0 Å². The van der Waals surface area contributed by atoms with Crippen LogP contribution >= 0.6 is 0 Å². The van der Waals surface area contributed by atoms with Gasteiger partial charge in [0.2, 0.25) is 0 Å². The molecule has 0 saturated carbocycles. The van der Waals surface area contributed by atoms with Gasteiger partial charge in [-0.25, -0.2) is 9.97 Å². The molecule has 0 aromatic carbocycles. The molecule has 4 heterocycles. The van der Waals surface area contributed by atoms with E-state index in [4.69, 9.17) is 0 Å². The number of anilines is 1. The van der Waals surface area contributed by atoms with E-state index >= 15 is 0 Å². The number of aromatic nitrogens is 3. The molecule has 0 N–H and O–H groups in total. The Balaban J connectivity index is 1.55. The number of halogens is 3. The van der Waals surface area contributed by atoms with Gasteiger partial charge in [0.25, 0.3) is 0 Å². The second kappa shape index (κ2) is 8.23. The van der Waals surface area contributed by atoms with Crippen molar-refractivity contribution in [1.82, 2.24) is 24.8 Å². The van der Waals surface area contributed by atoms with E-state index in [1.165, 1.54) is 12.4 Å². The Hall–Kier alpha value is -2.26. The van der Waals surface area contributed by atoms with Gasteiger partial charge >= 0.3 is 6.18 Å². The summed E-state index contributed by atoms with van der Waals surface area (Å²) in [5.74, 6) is 0.422. The van der Waals surface area contributed by atoms with Crippen molar-refractivity contribution in [3.8, 4) is 11.4 Å². The first-order valence-corrected chi connectivity index (χ1v) is 10.0. The van der Waals surface area contributed by atoms with E-state index in [2.05, 4.69) is 31.7 Å². The first-order valence-electron chi connectivity index (χ1n) is 10.0. The van der Waals surface area contributed by atoms with E-state index < -0.39 is 11.9 Å². The molecule has 0 amide bonds. The molecule has 2 aliphatic rings. The number of hydrogen-bond acceptors (Lipinski definition) is 6. The quantitative estimate of drug-likeness (QED) is 0.778. The van der Waals surface area contributed by atoms with Crippen molar-refractivity contribution in [2.24, 2.45) is 0 Å². The van der Waals surface area contributed by atoms with Gasteiger partial charge in [0.1, 0.15) is 5.82 Å². The smallest absolute Gasteiger partial charge is 0.355 e. The number of rotatable bonds is 4. The third-order valence-electron chi connectivity index (χ3n) is 5.80. The highest BCUT2D eigenvalue weighted by atomic mass is 19.4. The molecule has 9 heteroatoms. The summed E-state index contributed by atoms with van der Waals surface area (Å²) in [6.07, 6.45) is -0.530. The zero-order valence-corrected chi connectivity index (χ0v) is 16.4. The van der Waals surface area contributed by atoms with Crippen LogP contribution in [-0.4, -0.2) is 76.6 Å². The molecule has 0 radical (unpaired) electrons. The highest BCUT2D eigenvalue weighted by Crippen LogP contribution is 2.33. The van der Waals surface area contributed by atoms with Crippen LogP contribution in [0.4, 0.5) is 19.0 Å². The Morgan fingerprint density at radius 3 is 2.41 bits per heavy atom. The molecule has 156 valence electrons. The molecule has 2 aromatic heterocycles. The van der Waals surface area contributed by atoms with Crippen molar-refractivity contribution in [3.05, 3.63) is 36.3 Å². The Bertz CT molecular complexity index is 821. The van der Waals surface area contributed by atoms with Crippen LogP contribution < -0.4 is 4.90 Å². The number of nitrogens with zero attached hydrogens (tertiary/aromatic N) is 6. The average molecular weight is 406 g/mol. The molecule has 29 heavy (non-hydrogen) atoms. The molecule has 2 aliphatic heterocycles. The van der Waals surface area contributed by atoms with Crippen molar-refractivity contribution in [3.63, 3.8) is 0 Å². The van der Waals surface area contributed by atoms with Crippen molar-refractivity contribution in [1.29, 1.82) is 0 Å². The molecule has 0 aliphatic carbocycles. The van der Waals surface area contributed by atoms with Crippen LogP contribution in [0.3, 0.4) is 0 Å². The number of piperazine rings is 1. The summed E-state index contributed by atoms with van der Waals surface area (Å²) in [6, 6.07) is 4.67. The molecule has 2 fully saturated rings. The molecule has 2 saturated heterocycles. The maximum atomic E-state index is 13.5. The number of hydrogen-bond donors (Lipinski definition) is 0. The predicted octanol–water partition coefficient (Wildman–Crippen LogP) is 2.77. The van der Waals surface area contributed by atoms with Crippen LogP contribution in [0, 0.1) is 0 Å². The topological polar surface area (TPSA) is 48.4 Å².